The Morgan fingerprint density at radius 1 is 1.10 bits per heavy atom. The molecule has 1 unspecified atom stereocenters. The molecule has 1 aromatic heterocycles. The summed E-state index contributed by atoms with van der Waals surface area (Å²) in [7, 11) is 1.18. The zero-order valence-electron chi connectivity index (χ0n) is 27.1. The van der Waals surface area contributed by atoms with Gasteiger partial charge < -0.3 is 38.9 Å². The third kappa shape index (κ3) is 8.07. The number of halogens is 3. The van der Waals surface area contributed by atoms with Crippen LogP contribution in [0.4, 0.5) is 18.0 Å². The van der Waals surface area contributed by atoms with E-state index >= 15 is 0 Å². The standard InChI is InChI=1S/C31H40F3N5O9/c1-31(2,3)47-30(43)38-7-5-16(6-8-38)21-11-18(48-36-21)12-23-29(45-15-25(41)44-4)27(28(42)24(14-40)46-23)39-13-22(35-37-39)17-9-19(32)26(34)20(33)10-17/h9-10,13,16,18,23-24,27-29,40,42H,5-8,11-12,14-15H2,1-4H3/t18?,23-,24-,27+,28+,29+/m1/s1. The molecule has 0 bridgehead atoms. The summed E-state index contributed by atoms with van der Waals surface area (Å²) < 4.78 is 64.9. The van der Waals surface area contributed by atoms with E-state index in [0.29, 0.717) is 32.4 Å². The molecule has 17 heteroatoms. The van der Waals surface area contributed by atoms with Gasteiger partial charge in [0, 0.05) is 37.4 Å². The van der Waals surface area contributed by atoms with Crippen LogP contribution in [0.25, 0.3) is 11.3 Å². The summed E-state index contributed by atoms with van der Waals surface area (Å²) in [6.07, 6.45) is -2.09. The van der Waals surface area contributed by atoms with Gasteiger partial charge in [-0.25, -0.2) is 27.4 Å². The van der Waals surface area contributed by atoms with Crippen LogP contribution in [-0.4, -0.2) is 117 Å². The number of rotatable bonds is 9. The predicted octanol–water partition coefficient (Wildman–Crippen LogP) is 2.76. The highest BCUT2D eigenvalue weighted by Gasteiger charge is 2.49. The average molecular weight is 684 g/mol. The number of methoxy groups -OCH3 is 1. The quantitative estimate of drug-likeness (QED) is 0.295. The van der Waals surface area contributed by atoms with Crippen molar-refractivity contribution < 1.29 is 56.8 Å². The van der Waals surface area contributed by atoms with E-state index in [2.05, 4.69) is 15.5 Å². The maximum atomic E-state index is 14.0. The second-order valence-electron chi connectivity index (χ2n) is 13.1. The molecular formula is C31H40F3N5O9. The Bertz CT molecular complexity index is 1470. The zero-order valence-corrected chi connectivity index (χ0v) is 27.1. The van der Waals surface area contributed by atoms with E-state index in [1.54, 1.807) is 4.90 Å². The molecule has 0 aliphatic carbocycles. The SMILES string of the molecule is COC(=O)CO[C@@H]1[C@@H](n2cc(-c3cc(F)c(F)c(F)c3)nn2)[C@@H](O)[C@@H](CO)O[C@@H]1CC1CC(C2CCN(C(=O)OC(C)(C)C)CC2)=NO1. The second kappa shape index (κ2) is 14.8. The minimum atomic E-state index is -1.64. The molecule has 264 valence electrons. The number of piperidine rings is 1. The molecule has 1 aromatic carbocycles. The van der Waals surface area contributed by atoms with Gasteiger partial charge in [-0.3, -0.25) is 0 Å². The first kappa shape index (κ1) is 35.5. The smallest absolute Gasteiger partial charge is 0.410 e. The van der Waals surface area contributed by atoms with Gasteiger partial charge in [-0.15, -0.1) is 5.10 Å². The van der Waals surface area contributed by atoms with E-state index in [1.165, 1.54) is 18.0 Å². The van der Waals surface area contributed by atoms with Crippen LogP contribution in [0, 0.1) is 23.4 Å². The van der Waals surface area contributed by atoms with Crippen LogP contribution < -0.4 is 0 Å². The number of likely N-dealkylation sites (tertiary alicyclic amines) is 1. The van der Waals surface area contributed by atoms with Crippen molar-refractivity contribution in [3.63, 3.8) is 0 Å². The summed E-state index contributed by atoms with van der Waals surface area (Å²) in [6, 6.07) is 0.406. The van der Waals surface area contributed by atoms with Gasteiger partial charge in [0.2, 0.25) is 0 Å². The maximum absolute atomic E-state index is 14.0. The fourth-order valence-corrected chi connectivity index (χ4v) is 6.15. The van der Waals surface area contributed by atoms with Crippen molar-refractivity contribution in [3.8, 4) is 11.3 Å². The van der Waals surface area contributed by atoms with Gasteiger partial charge in [0.15, 0.2) is 17.5 Å². The molecule has 3 aliphatic rings. The molecule has 2 fully saturated rings. The van der Waals surface area contributed by atoms with Gasteiger partial charge >= 0.3 is 12.1 Å². The fourth-order valence-electron chi connectivity index (χ4n) is 6.15. The number of benzene rings is 1. The summed E-state index contributed by atoms with van der Waals surface area (Å²) in [5, 5.41) is 33.7. The number of ether oxygens (including phenoxy) is 4. The second-order valence-corrected chi connectivity index (χ2v) is 13.1. The van der Waals surface area contributed by atoms with Crippen LogP contribution in [0.15, 0.2) is 23.5 Å². The molecule has 2 aromatic rings. The fraction of sp³-hybridized carbons (Fsp3) is 0.645. The molecule has 6 atom stereocenters. The number of aliphatic hydroxyl groups excluding tert-OH is 2. The predicted molar refractivity (Wildman–Crippen MR) is 160 cm³/mol. The topological polar surface area (TPSA) is 167 Å². The zero-order chi connectivity index (χ0) is 34.7. The number of hydrogen-bond donors (Lipinski definition) is 2. The Balaban J connectivity index is 1.31. The van der Waals surface area contributed by atoms with Gasteiger partial charge in [0.1, 0.15) is 48.4 Å². The lowest BCUT2D eigenvalue weighted by Crippen LogP contribution is -2.57. The van der Waals surface area contributed by atoms with E-state index in [0.717, 1.165) is 17.8 Å². The van der Waals surface area contributed by atoms with Gasteiger partial charge in [0.25, 0.3) is 0 Å². The van der Waals surface area contributed by atoms with Crippen molar-refractivity contribution in [3.05, 3.63) is 35.8 Å². The summed E-state index contributed by atoms with van der Waals surface area (Å²) in [6.45, 7) is 5.36. The highest BCUT2D eigenvalue weighted by Crippen LogP contribution is 2.37. The minimum absolute atomic E-state index is 0.0369. The number of aliphatic hydroxyl groups is 2. The molecule has 48 heavy (non-hydrogen) atoms. The Morgan fingerprint density at radius 2 is 1.79 bits per heavy atom. The number of carbonyl (C=O) groups is 2. The van der Waals surface area contributed by atoms with Crippen molar-refractivity contribution in [2.75, 3.05) is 33.4 Å². The number of carbonyl (C=O) groups excluding carboxylic acids is 2. The largest absolute Gasteiger partial charge is 0.467 e. The first-order chi connectivity index (χ1) is 22.8. The molecule has 0 spiro atoms. The normalized spacial score (nSPS) is 26.6. The summed E-state index contributed by atoms with van der Waals surface area (Å²) >= 11 is 0. The lowest BCUT2D eigenvalue weighted by molar-refractivity contribution is -0.226. The van der Waals surface area contributed by atoms with Crippen molar-refractivity contribution in [2.24, 2.45) is 11.1 Å². The number of nitrogens with zero attached hydrogens (tertiary/aromatic N) is 5. The van der Waals surface area contributed by atoms with E-state index in [-0.39, 0.29) is 29.7 Å². The molecule has 2 saturated heterocycles. The third-order valence-electron chi connectivity index (χ3n) is 8.55. The van der Waals surface area contributed by atoms with E-state index in [9.17, 15) is 33.0 Å². The molecule has 5 rings (SSSR count). The van der Waals surface area contributed by atoms with Crippen LogP contribution in [-0.2, 0) is 28.6 Å². The Kier molecular flexibility index (Phi) is 10.9. The number of hydrogen-bond acceptors (Lipinski definition) is 12. The van der Waals surface area contributed by atoms with Gasteiger partial charge in [-0.05, 0) is 45.7 Å². The third-order valence-corrected chi connectivity index (χ3v) is 8.55. The minimum Gasteiger partial charge on any atom is -0.467 e. The summed E-state index contributed by atoms with van der Waals surface area (Å²) in [5.41, 5.74) is 0.0978. The molecule has 1 amide bonds. The summed E-state index contributed by atoms with van der Waals surface area (Å²) in [5.74, 6) is -5.09. The number of oxime groups is 1. The number of esters is 1. The first-order valence-electron chi connectivity index (χ1n) is 15.7. The van der Waals surface area contributed by atoms with Crippen molar-refractivity contribution in [2.45, 2.75) is 88.6 Å². The molecular weight excluding hydrogens is 643 g/mol. The van der Waals surface area contributed by atoms with Gasteiger partial charge in [-0.1, -0.05) is 10.4 Å². The average Bonchev–Trinajstić information content (AvgIpc) is 3.73. The summed E-state index contributed by atoms with van der Waals surface area (Å²) in [4.78, 5) is 32.0. The Hall–Kier alpha value is -3.80. The van der Waals surface area contributed by atoms with Crippen LogP contribution >= 0.6 is 0 Å². The lowest BCUT2D eigenvalue weighted by Gasteiger charge is -2.44. The van der Waals surface area contributed by atoms with E-state index < -0.39 is 78.8 Å². The molecule has 3 aliphatic heterocycles. The number of amides is 1. The van der Waals surface area contributed by atoms with Gasteiger partial charge in [-0.2, -0.15) is 0 Å². The van der Waals surface area contributed by atoms with Crippen LogP contribution in [0.2, 0.25) is 0 Å². The molecule has 2 N–H and O–H groups in total. The lowest BCUT2D eigenvalue weighted by atomic mass is 9.86. The molecule has 14 nitrogen and oxygen atoms in total. The maximum Gasteiger partial charge on any atom is 0.410 e. The highest BCUT2D eigenvalue weighted by molar-refractivity contribution is 5.88. The Morgan fingerprint density at radius 3 is 2.42 bits per heavy atom. The monoisotopic (exact) mass is 683 g/mol. The van der Waals surface area contributed by atoms with Crippen LogP contribution in [0.1, 0.15) is 52.5 Å². The van der Waals surface area contributed by atoms with Gasteiger partial charge in [0.05, 0.1) is 31.7 Å². The van der Waals surface area contributed by atoms with Crippen molar-refractivity contribution in [1.82, 2.24) is 19.9 Å². The molecule has 0 radical (unpaired) electrons. The van der Waals surface area contributed by atoms with E-state index in [4.69, 9.17) is 23.8 Å². The first-order valence-corrected chi connectivity index (χ1v) is 15.7. The Labute approximate surface area is 274 Å². The number of aromatic nitrogens is 3. The van der Waals surface area contributed by atoms with E-state index in [1.807, 2.05) is 20.8 Å². The van der Waals surface area contributed by atoms with Crippen LogP contribution in [0.3, 0.4) is 0 Å². The highest BCUT2D eigenvalue weighted by atomic mass is 19.2. The van der Waals surface area contributed by atoms with Crippen molar-refractivity contribution in [1.29, 1.82) is 0 Å². The van der Waals surface area contributed by atoms with Crippen molar-refractivity contribution >= 4 is 17.8 Å². The molecule has 0 saturated carbocycles. The molecule has 4 heterocycles. The van der Waals surface area contributed by atoms with Crippen LogP contribution in [0.5, 0.6) is 0 Å².